The second-order valence-electron chi connectivity index (χ2n) is 23.9. The smallest absolute Gasteiger partial charge is 0.252 e. The van der Waals surface area contributed by atoms with E-state index in [9.17, 15) is 11.0 Å². The second-order valence-corrected chi connectivity index (χ2v) is 23.9. The van der Waals surface area contributed by atoms with E-state index in [0.29, 0.717) is 55.6 Å². The Kier molecular flexibility index (Phi) is 7.95. The summed E-state index contributed by atoms with van der Waals surface area (Å²) in [5.74, 6) is 0. The minimum atomic E-state index is -0.777. The van der Waals surface area contributed by atoms with E-state index in [1.165, 1.54) is 4.57 Å². The maximum atomic E-state index is 9.47. The predicted octanol–water partition coefficient (Wildman–Crippen LogP) is 20.0. The van der Waals surface area contributed by atoms with Gasteiger partial charge in [0.05, 0.1) is 52.8 Å². The molecule has 4 heterocycles. The second kappa shape index (κ2) is 19.2. The van der Waals surface area contributed by atoms with E-state index < -0.39 is 121 Å². The van der Waals surface area contributed by atoms with Crippen molar-refractivity contribution in [3.05, 3.63) is 278 Å². The van der Waals surface area contributed by atoms with E-state index in [1.54, 1.807) is 18.2 Å². The zero-order chi connectivity index (χ0) is 73.0. The molecule has 0 N–H and O–H groups in total. The lowest BCUT2D eigenvalue weighted by atomic mass is 9.33. The first kappa shape index (κ1) is 35.1. The van der Waals surface area contributed by atoms with Crippen LogP contribution >= 0.6 is 0 Å². The first-order chi connectivity index (χ1) is 48.9. The van der Waals surface area contributed by atoms with Crippen LogP contribution in [-0.4, -0.2) is 11.3 Å². The summed E-state index contributed by atoms with van der Waals surface area (Å²) in [5.41, 5.74) is 11.6. The zero-order valence-corrected chi connectivity index (χ0v) is 47.3. The number of anilines is 6. The van der Waals surface area contributed by atoms with E-state index >= 15 is 0 Å². The van der Waals surface area contributed by atoms with E-state index in [2.05, 4.69) is 99.9 Å². The first-order valence-electron chi connectivity index (χ1n) is 37.4. The average molecular weight is 1110 g/mol. The van der Waals surface area contributed by atoms with Gasteiger partial charge in [-0.25, -0.2) is 0 Å². The number of hydrogen-bond donors (Lipinski definition) is 0. The van der Waals surface area contributed by atoms with Gasteiger partial charge in [-0.05, 0) is 132 Å². The van der Waals surface area contributed by atoms with Crippen molar-refractivity contribution in [2.24, 2.45) is 0 Å². The van der Waals surface area contributed by atoms with Crippen molar-refractivity contribution < 1.29 is 29.1 Å². The number of benzene rings is 12. The lowest BCUT2D eigenvalue weighted by Gasteiger charge is -2.46. The van der Waals surface area contributed by atoms with Gasteiger partial charge in [0.1, 0.15) is 0 Å². The van der Waals surface area contributed by atoms with Crippen molar-refractivity contribution >= 4 is 101 Å². The first-order valence-corrected chi connectivity index (χ1v) is 28.4. The number of furan rings is 1. The van der Waals surface area contributed by atoms with Crippen LogP contribution in [-0.2, 0) is 10.8 Å². The average Bonchev–Trinajstić information content (AvgIpc) is 1.32. The largest absolute Gasteiger partial charge is 0.452 e. The minimum absolute atomic E-state index is 0.00863. The molecule has 85 heavy (non-hydrogen) atoms. The van der Waals surface area contributed by atoms with Gasteiger partial charge in [-0.15, -0.1) is 0 Å². The van der Waals surface area contributed by atoms with Gasteiger partial charge in [0, 0.05) is 55.4 Å². The van der Waals surface area contributed by atoms with Crippen molar-refractivity contribution in [2.75, 3.05) is 9.80 Å². The van der Waals surface area contributed by atoms with E-state index in [0.717, 1.165) is 50.2 Å². The molecule has 2 aliphatic heterocycles. The van der Waals surface area contributed by atoms with Crippen molar-refractivity contribution in [1.29, 1.82) is 0 Å². The number of aromatic nitrogens is 1. The maximum Gasteiger partial charge on any atom is 0.252 e. The molecular weight excluding hydrogens is 1030 g/mol. The molecule has 2 aromatic heterocycles. The summed E-state index contributed by atoms with van der Waals surface area (Å²) >= 11 is 0. The molecule has 406 valence electrons. The monoisotopic (exact) mass is 1110 g/mol. The van der Waals surface area contributed by atoms with Crippen LogP contribution < -0.4 is 26.2 Å². The Morgan fingerprint density at radius 2 is 0.847 bits per heavy atom. The van der Waals surface area contributed by atoms with Crippen molar-refractivity contribution in [1.82, 2.24) is 4.57 Å². The Labute approximate surface area is 522 Å². The standard InChI is InChI=1S/C80H62BN3O/c1-79(2,3)57-47-63(53-29-15-9-16-30-53)76(64(48-57)54-31-17-10-18-32-54)84-69-44-42-55(51-25-11-7-12-26-51)45-66(69)81-65-43-41-56(52-27-13-8-14-28-52)46-72(65)83(73-49-58(80(4,5)6)50-74(84)75(73)81)71-40-24-36-62-61-35-23-39-70(77(61)85-78(62)71)82-67-37-21-19-33-59(67)60-34-20-22-38-68(60)82/h7-50H,1-6H3/i7D,8D,11D,12D,13D,14D,19D,20D,21D,22D,25D,26D,27D,28D,33D,34D,37D,38D. The van der Waals surface area contributed by atoms with E-state index in [4.69, 9.17) is 18.1 Å². The van der Waals surface area contributed by atoms with Crippen LogP contribution in [0.1, 0.15) is 77.3 Å². The Morgan fingerprint density at radius 1 is 0.353 bits per heavy atom. The van der Waals surface area contributed by atoms with Crippen molar-refractivity contribution in [3.8, 4) is 50.2 Å². The fourth-order valence-corrected chi connectivity index (χ4v) is 12.8. The Balaban J connectivity index is 1.08. The summed E-state index contributed by atoms with van der Waals surface area (Å²) in [6.45, 7) is 12.2. The molecule has 0 bridgehead atoms. The van der Waals surface area contributed by atoms with Crippen molar-refractivity contribution in [3.63, 3.8) is 0 Å². The Bertz CT molecular complexity index is 5900. The van der Waals surface area contributed by atoms with Gasteiger partial charge in [-0.2, -0.15) is 0 Å². The normalized spacial score (nSPS) is 16.0. The Hall–Kier alpha value is -10.1. The van der Waals surface area contributed by atoms with Crippen LogP contribution in [0.3, 0.4) is 0 Å². The molecule has 14 aromatic rings. The molecule has 0 saturated heterocycles. The van der Waals surface area contributed by atoms with Gasteiger partial charge in [-0.1, -0.05) is 247 Å². The number of hydrogen-bond acceptors (Lipinski definition) is 3. The van der Waals surface area contributed by atoms with Crippen LogP contribution in [0.15, 0.2) is 271 Å². The number of nitrogens with zero attached hydrogens (tertiary/aromatic N) is 3. The lowest BCUT2D eigenvalue weighted by molar-refractivity contribution is 0.590. The van der Waals surface area contributed by atoms with Crippen LogP contribution in [0.2, 0.25) is 0 Å². The van der Waals surface area contributed by atoms with Gasteiger partial charge in [0.25, 0.3) is 6.71 Å². The number of rotatable bonds is 7. The fourth-order valence-electron chi connectivity index (χ4n) is 12.8. The summed E-state index contributed by atoms with van der Waals surface area (Å²) in [5, 5.41) is 0.889. The summed E-state index contributed by atoms with van der Waals surface area (Å²) < 4.78 is 173. The topological polar surface area (TPSA) is 24.6 Å². The highest BCUT2D eigenvalue weighted by Crippen LogP contribution is 2.54. The quantitative estimate of drug-likeness (QED) is 0.149. The fraction of sp³-hybridized carbons (Fsp3) is 0.100. The zero-order valence-electron chi connectivity index (χ0n) is 65.3. The lowest BCUT2D eigenvalue weighted by Crippen LogP contribution is -2.61. The highest BCUT2D eigenvalue weighted by molar-refractivity contribution is 7.00. The summed E-state index contributed by atoms with van der Waals surface area (Å²) in [6, 6.07) is 42.3. The molecule has 2 aliphatic rings. The molecule has 0 atom stereocenters. The van der Waals surface area contributed by atoms with Crippen LogP contribution in [0.4, 0.5) is 34.1 Å². The molecule has 16 rings (SSSR count). The molecular formula is C80H62BN3O. The molecule has 0 fully saturated rings. The molecule has 5 heteroatoms. The van der Waals surface area contributed by atoms with Gasteiger partial charge in [0.2, 0.25) is 0 Å². The molecule has 0 aliphatic carbocycles. The molecule has 0 radical (unpaired) electrons. The molecule has 0 unspecified atom stereocenters. The van der Waals surface area contributed by atoms with Gasteiger partial charge in [0.15, 0.2) is 11.2 Å². The van der Waals surface area contributed by atoms with Crippen molar-refractivity contribution in [2.45, 2.75) is 52.4 Å². The van der Waals surface area contributed by atoms with E-state index in [1.807, 2.05) is 91.0 Å². The number of para-hydroxylation sites is 4. The highest BCUT2D eigenvalue weighted by Gasteiger charge is 2.46. The van der Waals surface area contributed by atoms with Crippen LogP contribution in [0.25, 0.3) is 93.9 Å². The third-order valence-corrected chi connectivity index (χ3v) is 16.9. The Morgan fingerprint density at radius 3 is 1.42 bits per heavy atom. The minimum Gasteiger partial charge on any atom is -0.452 e. The van der Waals surface area contributed by atoms with Crippen LogP contribution in [0, 0.1) is 0 Å². The van der Waals surface area contributed by atoms with Crippen LogP contribution in [0.5, 0.6) is 0 Å². The van der Waals surface area contributed by atoms with E-state index in [-0.39, 0.29) is 55.2 Å². The van der Waals surface area contributed by atoms with Gasteiger partial charge < -0.3 is 18.8 Å². The summed E-state index contributed by atoms with van der Waals surface area (Å²) in [6.07, 6.45) is 0. The SMILES string of the molecule is [2H]c1c([2H])c([2H])c(-c2ccc3c(c2)B2c4ccc(-c5c([2H])c([2H])c([2H])c([2H])c5[2H])cc4N(c4cccc5c4oc4c(-n6c7c([2H])c([2H])c([2H])c([2H])c7c7c([2H])c([2H])c([2H])c([2H])c76)cccc45)c4cc(C(C)(C)C)cc(c42)N3c2c(-c3ccccc3)cc(C(C)(C)C)cc2-c2ccccc2)c([2H])c1[2H]. The maximum absolute atomic E-state index is 9.47. The molecule has 4 nitrogen and oxygen atoms in total. The van der Waals surface area contributed by atoms with Gasteiger partial charge >= 0.3 is 0 Å². The summed E-state index contributed by atoms with van der Waals surface area (Å²) in [4.78, 5) is 4.37. The predicted molar refractivity (Wildman–Crippen MR) is 361 cm³/mol. The third-order valence-electron chi connectivity index (χ3n) is 16.9. The highest BCUT2D eigenvalue weighted by atomic mass is 16.3. The molecule has 12 aromatic carbocycles. The van der Waals surface area contributed by atoms with Gasteiger partial charge in [-0.3, -0.25) is 0 Å². The molecule has 0 spiro atoms. The third kappa shape index (κ3) is 8.05. The number of fused-ring (bicyclic) bond motifs is 10. The molecule has 0 amide bonds. The summed E-state index contributed by atoms with van der Waals surface area (Å²) in [7, 11) is 0. The molecule has 0 saturated carbocycles.